The molecule has 1 saturated heterocycles. The molecule has 0 spiro atoms. The van der Waals surface area contributed by atoms with E-state index in [1.54, 1.807) is 14.2 Å². The minimum Gasteiger partial charge on any atom is -0.496 e. The van der Waals surface area contributed by atoms with Crippen molar-refractivity contribution in [3.63, 3.8) is 0 Å². The molecule has 2 fully saturated rings. The number of ether oxygens (including phenoxy) is 2. The fraction of sp³-hybridized carbons (Fsp3) is 0.583. The largest absolute Gasteiger partial charge is 0.496 e. The van der Waals surface area contributed by atoms with Gasteiger partial charge in [-0.25, -0.2) is 9.66 Å². The average Bonchev–Trinajstić information content (AvgIpc) is 3.13. The Labute approximate surface area is 190 Å². The number of hydrogen-bond acceptors (Lipinski definition) is 6. The Balaban J connectivity index is 1.64. The molecule has 1 aliphatic heterocycles. The predicted octanol–water partition coefficient (Wildman–Crippen LogP) is 2.86. The average molecular weight is 442 g/mol. The Morgan fingerprint density at radius 3 is 2.50 bits per heavy atom. The van der Waals surface area contributed by atoms with Crippen molar-refractivity contribution in [2.24, 2.45) is 10.8 Å². The highest BCUT2D eigenvalue weighted by molar-refractivity contribution is 5.80. The fourth-order valence-electron chi connectivity index (χ4n) is 4.70. The summed E-state index contributed by atoms with van der Waals surface area (Å²) >= 11 is 0. The SMILES string of the molecule is COc1cc(C2(OC)CCC2)ccc1-c1cnc(C)n1/N=C(\C)N1CCC(O)(CN)CC1. The van der Waals surface area contributed by atoms with Gasteiger partial charge < -0.3 is 25.2 Å². The van der Waals surface area contributed by atoms with Gasteiger partial charge in [0.15, 0.2) is 0 Å². The molecule has 1 saturated carbocycles. The number of nitrogens with two attached hydrogens (primary N) is 1. The van der Waals surface area contributed by atoms with Crippen LogP contribution >= 0.6 is 0 Å². The van der Waals surface area contributed by atoms with Crippen LogP contribution < -0.4 is 10.5 Å². The van der Waals surface area contributed by atoms with Crippen LogP contribution in [-0.4, -0.2) is 65.0 Å². The molecular weight excluding hydrogens is 406 g/mol. The standard InChI is InChI=1S/C24H35N5O3/c1-17-26-15-21(29(17)27-18(2)28-12-10-23(30,16-25)11-13-28)20-7-6-19(14-22(20)31-3)24(32-4)8-5-9-24/h6-7,14-15,30H,5,8-13,16,25H2,1-4H3/b27-18+. The van der Waals surface area contributed by atoms with Crippen molar-refractivity contribution in [1.82, 2.24) is 14.6 Å². The van der Waals surface area contributed by atoms with Gasteiger partial charge in [0, 0.05) is 32.3 Å². The van der Waals surface area contributed by atoms with Crippen LogP contribution in [0.2, 0.25) is 0 Å². The van der Waals surface area contributed by atoms with Gasteiger partial charge >= 0.3 is 0 Å². The molecule has 2 heterocycles. The molecular formula is C24H35N5O3. The molecule has 1 aromatic heterocycles. The number of benzene rings is 1. The van der Waals surface area contributed by atoms with Crippen LogP contribution in [0.3, 0.4) is 0 Å². The lowest BCUT2D eigenvalue weighted by molar-refractivity contribution is -0.0779. The number of aryl methyl sites for hydroxylation is 1. The molecule has 8 nitrogen and oxygen atoms in total. The molecule has 0 amide bonds. The van der Waals surface area contributed by atoms with Crippen LogP contribution in [0.15, 0.2) is 29.5 Å². The smallest absolute Gasteiger partial charge is 0.128 e. The summed E-state index contributed by atoms with van der Waals surface area (Å²) in [7, 11) is 3.47. The molecule has 0 bridgehead atoms. The Morgan fingerprint density at radius 1 is 1.22 bits per heavy atom. The van der Waals surface area contributed by atoms with Gasteiger partial charge in [-0.3, -0.25) is 0 Å². The van der Waals surface area contributed by atoms with Gasteiger partial charge in [0.05, 0.1) is 30.2 Å². The maximum atomic E-state index is 10.4. The van der Waals surface area contributed by atoms with Gasteiger partial charge in [0.1, 0.15) is 17.4 Å². The van der Waals surface area contributed by atoms with E-state index in [2.05, 4.69) is 28.1 Å². The van der Waals surface area contributed by atoms with E-state index >= 15 is 0 Å². The summed E-state index contributed by atoms with van der Waals surface area (Å²) in [5.74, 6) is 2.47. The fourth-order valence-corrected chi connectivity index (χ4v) is 4.70. The summed E-state index contributed by atoms with van der Waals surface area (Å²) in [5.41, 5.74) is 7.73. The first-order valence-corrected chi connectivity index (χ1v) is 11.4. The van der Waals surface area contributed by atoms with E-state index in [4.69, 9.17) is 20.3 Å². The first-order valence-electron chi connectivity index (χ1n) is 11.4. The van der Waals surface area contributed by atoms with Crippen molar-refractivity contribution in [1.29, 1.82) is 0 Å². The van der Waals surface area contributed by atoms with E-state index in [1.807, 2.05) is 24.7 Å². The number of likely N-dealkylation sites (tertiary alicyclic amines) is 1. The number of nitrogens with zero attached hydrogens (tertiary/aromatic N) is 4. The molecule has 2 aromatic rings. The topological polar surface area (TPSA) is 98.1 Å². The van der Waals surface area contributed by atoms with Crippen molar-refractivity contribution < 1.29 is 14.6 Å². The number of methoxy groups -OCH3 is 2. The molecule has 0 radical (unpaired) electrons. The van der Waals surface area contributed by atoms with Crippen molar-refractivity contribution in [3.05, 3.63) is 35.8 Å². The number of piperidine rings is 1. The molecule has 0 unspecified atom stereocenters. The number of amidine groups is 1. The van der Waals surface area contributed by atoms with Crippen molar-refractivity contribution in [3.8, 4) is 17.0 Å². The molecule has 3 N–H and O–H groups in total. The summed E-state index contributed by atoms with van der Waals surface area (Å²) in [6.07, 6.45) is 6.36. The molecule has 8 heteroatoms. The predicted molar refractivity (Wildman–Crippen MR) is 125 cm³/mol. The summed E-state index contributed by atoms with van der Waals surface area (Å²) in [4.78, 5) is 6.71. The van der Waals surface area contributed by atoms with E-state index in [9.17, 15) is 5.11 Å². The third-order valence-electron chi connectivity index (χ3n) is 7.24. The van der Waals surface area contributed by atoms with Crippen molar-refractivity contribution in [2.45, 2.75) is 57.2 Å². The highest BCUT2D eigenvalue weighted by Gasteiger charge is 2.39. The molecule has 0 atom stereocenters. The van der Waals surface area contributed by atoms with Gasteiger partial charge in [0.25, 0.3) is 0 Å². The summed E-state index contributed by atoms with van der Waals surface area (Å²) in [6.45, 7) is 5.68. The lowest BCUT2D eigenvalue weighted by atomic mass is 9.74. The maximum Gasteiger partial charge on any atom is 0.128 e. The number of aromatic nitrogens is 2. The zero-order chi connectivity index (χ0) is 22.9. The monoisotopic (exact) mass is 441 g/mol. The van der Waals surface area contributed by atoms with E-state index in [0.29, 0.717) is 19.4 Å². The van der Waals surface area contributed by atoms with E-state index in [-0.39, 0.29) is 5.60 Å². The van der Waals surface area contributed by atoms with E-state index in [1.165, 1.54) is 6.42 Å². The third kappa shape index (κ3) is 4.02. The second-order valence-electron chi connectivity index (χ2n) is 9.03. The van der Waals surface area contributed by atoms with Gasteiger partial charge in [-0.05, 0) is 63.6 Å². The summed E-state index contributed by atoms with van der Waals surface area (Å²) in [6, 6.07) is 6.29. The summed E-state index contributed by atoms with van der Waals surface area (Å²) < 4.78 is 13.5. The van der Waals surface area contributed by atoms with Crippen LogP contribution in [-0.2, 0) is 10.3 Å². The minimum atomic E-state index is -0.762. The zero-order valence-corrected chi connectivity index (χ0v) is 19.6. The minimum absolute atomic E-state index is 0.198. The third-order valence-corrected chi connectivity index (χ3v) is 7.24. The molecule has 32 heavy (non-hydrogen) atoms. The lowest BCUT2D eigenvalue weighted by Gasteiger charge is -2.41. The van der Waals surface area contributed by atoms with E-state index < -0.39 is 5.60 Å². The highest BCUT2D eigenvalue weighted by Crippen LogP contribution is 2.46. The second-order valence-corrected chi connectivity index (χ2v) is 9.03. The van der Waals surface area contributed by atoms with Crippen molar-refractivity contribution >= 4 is 5.84 Å². The van der Waals surface area contributed by atoms with Crippen LogP contribution in [0.25, 0.3) is 11.3 Å². The van der Waals surface area contributed by atoms with Crippen LogP contribution in [0.4, 0.5) is 0 Å². The molecule has 4 rings (SSSR count). The van der Waals surface area contributed by atoms with Gasteiger partial charge in [-0.2, -0.15) is 5.10 Å². The number of rotatable bonds is 6. The number of imidazole rings is 1. The van der Waals surface area contributed by atoms with Crippen molar-refractivity contribution in [2.75, 3.05) is 33.9 Å². The molecule has 1 aliphatic carbocycles. The zero-order valence-electron chi connectivity index (χ0n) is 19.6. The maximum absolute atomic E-state index is 10.4. The summed E-state index contributed by atoms with van der Waals surface area (Å²) in [5, 5.41) is 15.3. The van der Waals surface area contributed by atoms with Gasteiger partial charge in [-0.15, -0.1) is 0 Å². The second kappa shape index (κ2) is 8.84. The number of aliphatic hydroxyl groups is 1. The molecule has 2 aliphatic rings. The Kier molecular flexibility index (Phi) is 6.29. The van der Waals surface area contributed by atoms with E-state index in [0.717, 1.165) is 60.2 Å². The van der Waals surface area contributed by atoms with Gasteiger partial charge in [-0.1, -0.05) is 6.07 Å². The molecule has 1 aromatic carbocycles. The number of hydrogen-bond donors (Lipinski definition) is 2. The lowest BCUT2D eigenvalue weighted by Crippen LogP contribution is -2.49. The Morgan fingerprint density at radius 2 is 1.94 bits per heavy atom. The Hall–Kier alpha value is -2.42. The van der Waals surface area contributed by atoms with Crippen LogP contribution in [0, 0.1) is 6.92 Å². The normalized spacial score (nSPS) is 20.2. The highest BCUT2D eigenvalue weighted by atomic mass is 16.5. The first kappa shape index (κ1) is 22.8. The van der Waals surface area contributed by atoms with Crippen LogP contribution in [0.1, 0.15) is 50.4 Å². The quantitative estimate of drug-likeness (QED) is 0.528. The first-order chi connectivity index (χ1) is 15.3. The van der Waals surface area contributed by atoms with Crippen LogP contribution in [0.5, 0.6) is 5.75 Å². The van der Waals surface area contributed by atoms with Gasteiger partial charge in [0.2, 0.25) is 0 Å². The Bertz CT molecular complexity index is 982. The molecule has 174 valence electrons.